The van der Waals surface area contributed by atoms with E-state index in [0.717, 1.165) is 31.8 Å². The molecule has 4 rings (SSSR count). The van der Waals surface area contributed by atoms with E-state index in [1.165, 1.54) is 11.1 Å². The topological polar surface area (TPSA) is 113 Å². The summed E-state index contributed by atoms with van der Waals surface area (Å²) in [5, 5.41) is 17.4. The Bertz CT molecular complexity index is 992. The zero-order valence-electron chi connectivity index (χ0n) is 17.9. The van der Waals surface area contributed by atoms with Gasteiger partial charge in [0.05, 0.1) is 6.54 Å². The van der Waals surface area contributed by atoms with Crippen LogP contribution in [-0.4, -0.2) is 79.1 Å². The SMILES string of the molecule is Fc1cccnc1OC1CSC2(C1)CN(Cc1nccs1)C2.O=C(O)C(F)(F)F.O=C(O)C(F)(F)F. The summed E-state index contributed by atoms with van der Waals surface area (Å²) in [6, 6.07) is 2.97. The Morgan fingerprint density at radius 1 is 1.08 bits per heavy atom. The highest BCUT2D eigenvalue weighted by Gasteiger charge is 2.49. The van der Waals surface area contributed by atoms with E-state index < -0.39 is 24.3 Å². The molecule has 200 valence electrons. The number of hydrogen-bond donors (Lipinski definition) is 2. The summed E-state index contributed by atoms with van der Waals surface area (Å²) in [6.45, 7) is 3.05. The zero-order valence-corrected chi connectivity index (χ0v) is 19.6. The Morgan fingerprint density at radius 3 is 2.14 bits per heavy atom. The quantitative estimate of drug-likeness (QED) is 0.530. The second-order valence-electron chi connectivity index (χ2n) is 7.41. The molecule has 2 aliphatic rings. The van der Waals surface area contributed by atoms with Crippen molar-refractivity contribution in [1.29, 1.82) is 0 Å². The van der Waals surface area contributed by atoms with Crippen LogP contribution in [0.5, 0.6) is 5.88 Å². The van der Waals surface area contributed by atoms with E-state index in [9.17, 15) is 30.7 Å². The van der Waals surface area contributed by atoms with Gasteiger partial charge in [0.15, 0.2) is 5.82 Å². The summed E-state index contributed by atoms with van der Waals surface area (Å²) in [5.41, 5.74) is 0. The molecule has 2 saturated heterocycles. The minimum Gasteiger partial charge on any atom is -0.475 e. The van der Waals surface area contributed by atoms with Crippen molar-refractivity contribution in [3.63, 3.8) is 0 Å². The minimum absolute atomic E-state index is 0.0522. The lowest BCUT2D eigenvalue weighted by molar-refractivity contribution is -0.193. The zero-order chi connectivity index (χ0) is 27.1. The standard InChI is InChI=1S/C15H16FN3OS2.2C2HF3O2/c16-12-2-1-3-18-14(12)20-11-6-15(22-8-11)9-19(10-15)7-13-17-4-5-21-13;2*3-2(4,5)1(6)7/h1-5,11H,6-10H2;2*(H,6,7). The second-order valence-corrected chi connectivity index (χ2v) is 9.87. The molecule has 2 aliphatic heterocycles. The Balaban J connectivity index is 0.000000271. The average molecular weight is 565 g/mol. The number of aliphatic carboxylic acids is 2. The van der Waals surface area contributed by atoms with Crippen LogP contribution in [-0.2, 0) is 16.1 Å². The monoisotopic (exact) mass is 565 g/mol. The Hall–Kier alpha value is -2.66. The molecular formula is C19H18F7N3O5S2. The first-order chi connectivity index (χ1) is 16.6. The molecule has 0 bridgehead atoms. The third-order valence-corrected chi connectivity index (χ3v) is 6.87. The largest absolute Gasteiger partial charge is 0.490 e. The van der Waals surface area contributed by atoms with Crippen LogP contribution in [0, 0.1) is 5.82 Å². The number of likely N-dealkylation sites (tertiary alicyclic amines) is 1. The van der Waals surface area contributed by atoms with Gasteiger partial charge in [-0.2, -0.15) is 26.3 Å². The van der Waals surface area contributed by atoms with Crippen molar-refractivity contribution in [2.45, 2.75) is 36.2 Å². The number of alkyl halides is 6. The van der Waals surface area contributed by atoms with E-state index >= 15 is 0 Å². The van der Waals surface area contributed by atoms with Crippen LogP contribution < -0.4 is 4.74 Å². The summed E-state index contributed by atoms with van der Waals surface area (Å²) in [6.07, 6.45) is -5.74. The number of thiazole rings is 1. The number of carboxylic acid groups (broad SMARTS) is 2. The number of hydrogen-bond acceptors (Lipinski definition) is 8. The molecule has 2 aromatic heterocycles. The van der Waals surface area contributed by atoms with Crippen LogP contribution in [0.1, 0.15) is 11.4 Å². The Kier molecular flexibility index (Phi) is 9.90. The van der Waals surface area contributed by atoms with Crippen molar-refractivity contribution in [2.24, 2.45) is 0 Å². The van der Waals surface area contributed by atoms with Crippen LogP contribution in [0.25, 0.3) is 0 Å². The summed E-state index contributed by atoms with van der Waals surface area (Å²) >= 11 is 3.65. The maximum atomic E-state index is 13.6. The van der Waals surface area contributed by atoms with Gasteiger partial charge in [0.25, 0.3) is 5.88 Å². The molecule has 0 aliphatic carbocycles. The first-order valence-electron chi connectivity index (χ1n) is 9.73. The summed E-state index contributed by atoms with van der Waals surface area (Å²) in [4.78, 5) is 28.5. The number of pyridine rings is 1. The molecule has 1 spiro atoms. The predicted molar refractivity (Wildman–Crippen MR) is 113 cm³/mol. The average Bonchev–Trinajstić information content (AvgIpc) is 3.39. The molecule has 36 heavy (non-hydrogen) atoms. The summed E-state index contributed by atoms with van der Waals surface area (Å²) in [7, 11) is 0. The normalized spacial score (nSPS) is 18.8. The number of rotatable bonds is 4. The van der Waals surface area contributed by atoms with E-state index in [1.54, 1.807) is 23.6 Å². The fourth-order valence-electron chi connectivity index (χ4n) is 3.12. The predicted octanol–water partition coefficient (Wildman–Crippen LogP) is 4.08. The van der Waals surface area contributed by atoms with Gasteiger partial charge < -0.3 is 14.9 Å². The molecule has 17 heteroatoms. The van der Waals surface area contributed by atoms with Crippen LogP contribution in [0.15, 0.2) is 29.9 Å². The smallest absolute Gasteiger partial charge is 0.475 e. The van der Waals surface area contributed by atoms with Crippen molar-refractivity contribution in [3.8, 4) is 5.88 Å². The van der Waals surface area contributed by atoms with Gasteiger partial charge in [0.1, 0.15) is 11.1 Å². The maximum Gasteiger partial charge on any atom is 0.490 e. The lowest BCUT2D eigenvalue weighted by Crippen LogP contribution is -2.58. The molecule has 2 fully saturated rings. The summed E-state index contributed by atoms with van der Waals surface area (Å²) < 4.78 is 83.1. The molecule has 2 aromatic rings. The van der Waals surface area contributed by atoms with E-state index in [0.29, 0.717) is 0 Å². The number of carboxylic acids is 2. The molecule has 4 heterocycles. The van der Waals surface area contributed by atoms with E-state index in [1.807, 2.05) is 23.3 Å². The van der Waals surface area contributed by atoms with Crippen molar-refractivity contribution in [2.75, 3.05) is 18.8 Å². The third kappa shape index (κ3) is 9.09. The van der Waals surface area contributed by atoms with Crippen molar-refractivity contribution in [1.82, 2.24) is 14.9 Å². The second kappa shape index (κ2) is 12.1. The molecular weight excluding hydrogens is 547 g/mol. The molecule has 2 N–H and O–H groups in total. The number of thioether (sulfide) groups is 1. The number of aromatic nitrogens is 2. The van der Waals surface area contributed by atoms with Crippen molar-refractivity contribution < 1.29 is 55.3 Å². The Labute approximate surface area is 207 Å². The van der Waals surface area contributed by atoms with Gasteiger partial charge in [-0.25, -0.2) is 23.9 Å². The molecule has 0 aromatic carbocycles. The lowest BCUT2D eigenvalue weighted by atomic mass is 9.93. The first-order valence-corrected chi connectivity index (χ1v) is 11.6. The van der Waals surface area contributed by atoms with E-state index in [-0.39, 0.29) is 22.5 Å². The van der Waals surface area contributed by atoms with Crippen molar-refractivity contribution >= 4 is 35.0 Å². The third-order valence-electron chi connectivity index (χ3n) is 4.53. The van der Waals surface area contributed by atoms with Crippen LogP contribution >= 0.6 is 23.1 Å². The van der Waals surface area contributed by atoms with Crippen LogP contribution in [0.2, 0.25) is 0 Å². The fraction of sp³-hybridized carbons (Fsp3) is 0.474. The van der Waals surface area contributed by atoms with Gasteiger partial charge >= 0.3 is 24.3 Å². The fourth-order valence-corrected chi connectivity index (χ4v) is 5.35. The minimum atomic E-state index is -5.08. The van der Waals surface area contributed by atoms with Gasteiger partial charge in [-0.1, -0.05) is 0 Å². The highest BCUT2D eigenvalue weighted by atomic mass is 32.2. The van der Waals surface area contributed by atoms with Gasteiger partial charge in [-0.3, -0.25) is 4.90 Å². The number of halogens is 7. The molecule has 1 atom stereocenters. The van der Waals surface area contributed by atoms with Crippen molar-refractivity contribution in [3.05, 3.63) is 40.7 Å². The van der Waals surface area contributed by atoms with E-state index in [2.05, 4.69) is 14.9 Å². The number of carbonyl (C=O) groups is 2. The maximum absolute atomic E-state index is 13.6. The summed E-state index contributed by atoms with van der Waals surface area (Å²) in [5.74, 6) is -4.86. The highest BCUT2D eigenvalue weighted by molar-refractivity contribution is 8.01. The lowest BCUT2D eigenvalue weighted by Gasteiger charge is -2.47. The molecule has 0 radical (unpaired) electrons. The first kappa shape index (κ1) is 29.6. The Morgan fingerprint density at radius 2 is 1.67 bits per heavy atom. The van der Waals surface area contributed by atoms with Crippen LogP contribution in [0.4, 0.5) is 30.7 Å². The van der Waals surface area contributed by atoms with Gasteiger partial charge in [-0.05, 0) is 12.1 Å². The van der Waals surface area contributed by atoms with Gasteiger partial charge in [0.2, 0.25) is 0 Å². The van der Waals surface area contributed by atoms with Crippen LogP contribution in [0.3, 0.4) is 0 Å². The molecule has 0 amide bonds. The van der Waals surface area contributed by atoms with Gasteiger partial charge in [-0.15, -0.1) is 23.1 Å². The molecule has 8 nitrogen and oxygen atoms in total. The van der Waals surface area contributed by atoms with Gasteiger partial charge in [0, 0.05) is 47.8 Å². The molecule has 0 saturated carbocycles. The number of ether oxygens (including phenoxy) is 1. The highest BCUT2D eigenvalue weighted by Crippen LogP contribution is 2.46. The van der Waals surface area contributed by atoms with E-state index in [4.69, 9.17) is 24.5 Å². The molecule has 1 unspecified atom stereocenters. The number of nitrogens with zero attached hydrogens (tertiary/aromatic N) is 3.